The minimum atomic E-state index is -0.435. The highest BCUT2D eigenvalue weighted by molar-refractivity contribution is 9.10. The van der Waals surface area contributed by atoms with Crippen LogP contribution in [0.15, 0.2) is 17.0 Å². The molecule has 2 heterocycles. The second-order valence-electron chi connectivity index (χ2n) is 2.51. The molecule has 0 spiro atoms. The molecule has 14 heavy (non-hydrogen) atoms. The molecule has 8 heteroatoms. The quantitative estimate of drug-likeness (QED) is 0.684. The van der Waals surface area contributed by atoms with Gasteiger partial charge in [0.05, 0.1) is 18.1 Å². The summed E-state index contributed by atoms with van der Waals surface area (Å²) in [4.78, 5) is 11.6. The van der Waals surface area contributed by atoms with Crippen molar-refractivity contribution in [1.82, 2.24) is 30.0 Å². The van der Waals surface area contributed by atoms with Gasteiger partial charge in [-0.25, -0.2) is 4.79 Å². The van der Waals surface area contributed by atoms with Crippen LogP contribution in [0.3, 0.4) is 0 Å². The van der Waals surface area contributed by atoms with Gasteiger partial charge in [0.2, 0.25) is 0 Å². The highest BCUT2D eigenvalue weighted by Crippen LogP contribution is 2.12. The van der Waals surface area contributed by atoms with E-state index in [9.17, 15) is 4.79 Å². The lowest BCUT2D eigenvalue weighted by atomic mass is 10.6. The molecule has 2 aromatic heterocycles. The number of carbonyl (C=O) groups is 1. The molecule has 0 amide bonds. The first-order chi connectivity index (χ1) is 6.70. The van der Waals surface area contributed by atoms with Crippen molar-refractivity contribution in [3.63, 3.8) is 0 Å². The van der Waals surface area contributed by atoms with Gasteiger partial charge < -0.3 is 0 Å². The molecule has 0 aromatic carbocycles. The first-order valence-corrected chi connectivity index (χ1v) is 4.48. The molecule has 0 bridgehead atoms. The average Bonchev–Trinajstić information content (AvgIpc) is 2.77. The van der Waals surface area contributed by atoms with Crippen molar-refractivity contribution in [3.8, 4) is 0 Å². The van der Waals surface area contributed by atoms with Gasteiger partial charge in [0.25, 0.3) is 0 Å². The maximum atomic E-state index is 11.6. The van der Waals surface area contributed by atoms with Crippen molar-refractivity contribution in [1.29, 1.82) is 0 Å². The van der Waals surface area contributed by atoms with E-state index in [2.05, 4.69) is 36.6 Å². The zero-order chi connectivity index (χ0) is 10.1. The molecule has 0 unspecified atom stereocenters. The number of hydrogen-bond acceptors (Lipinski definition) is 5. The Labute approximate surface area is 86.8 Å². The lowest BCUT2D eigenvalue weighted by Gasteiger charge is -1.98. The van der Waals surface area contributed by atoms with Crippen LogP contribution in [0.4, 0.5) is 4.79 Å². The van der Waals surface area contributed by atoms with Crippen LogP contribution in [0.25, 0.3) is 0 Å². The average molecular weight is 257 g/mol. The monoisotopic (exact) mass is 256 g/mol. The predicted octanol–water partition coefficient (Wildman–Crippen LogP) is 0.457. The largest absolute Gasteiger partial charge is 0.373 e. The second-order valence-corrected chi connectivity index (χ2v) is 3.26. The van der Waals surface area contributed by atoms with Crippen molar-refractivity contribution < 1.29 is 4.79 Å². The maximum absolute atomic E-state index is 11.6. The summed E-state index contributed by atoms with van der Waals surface area (Å²) < 4.78 is 2.68. The van der Waals surface area contributed by atoms with E-state index < -0.39 is 6.03 Å². The Balaban J connectivity index is 2.42. The lowest BCUT2D eigenvalue weighted by molar-refractivity contribution is 0.236. The smallest absolute Gasteiger partial charge is 0.243 e. The molecule has 0 aliphatic carbocycles. The highest BCUT2D eigenvalue weighted by Gasteiger charge is 2.15. The molecule has 0 saturated heterocycles. The summed E-state index contributed by atoms with van der Waals surface area (Å²) in [6.07, 6.45) is 2.85. The molecule has 0 atom stereocenters. The third-order valence-electron chi connectivity index (χ3n) is 1.57. The minimum Gasteiger partial charge on any atom is -0.243 e. The normalized spacial score (nSPS) is 10.4. The van der Waals surface area contributed by atoms with E-state index >= 15 is 0 Å². The Morgan fingerprint density at radius 3 is 2.79 bits per heavy atom. The third-order valence-corrected chi connectivity index (χ3v) is 2.48. The predicted molar refractivity (Wildman–Crippen MR) is 48.7 cm³/mol. The Morgan fingerprint density at radius 1 is 1.50 bits per heavy atom. The van der Waals surface area contributed by atoms with E-state index in [-0.39, 0.29) is 0 Å². The number of halogens is 1. The summed E-state index contributed by atoms with van der Waals surface area (Å²) in [6, 6.07) is -0.435. The lowest BCUT2D eigenvalue weighted by Crippen LogP contribution is -2.21. The molecule has 72 valence electrons. The molecule has 0 saturated carbocycles. The second kappa shape index (κ2) is 3.29. The van der Waals surface area contributed by atoms with Crippen LogP contribution in [0.2, 0.25) is 0 Å². The number of aromatic nitrogens is 6. The van der Waals surface area contributed by atoms with E-state index in [4.69, 9.17) is 0 Å². The Morgan fingerprint density at radius 2 is 2.29 bits per heavy atom. The van der Waals surface area contributed by atoms with Gasteiger partial charge in [-0.05, 0) is 22.9 Å². The van der Waals surface area contributed by atoms with Crippen molar-refractivity contribution in [3.05, 3.63) is 22.7 Å². The fraction of sp³-hybridized carbons (Fsp3) is 0.167. The van der Waals surface area contributed by atoms with E-state index in [1.54, 1.807) is 6.92 Å². The number of hydrogen-bond donors (Lipinski definition) is 0. The van der Waals surface area contributed by atoms with Crippen LogP contribution in [-0.2, 0) is 0 Å². The van der Waals surface area contributed by atoms with E-state index in [1.165, 1.54) is 12.4 Å². The SMILES string of the molecule is Cc1nnn(C(=O)n2ccnn2)c1Br. The van der Waals surface area contributed by atoms with Gasteiger partial charge in [0, 0.05) is 0 Å². The summed E-state index contributed by atoms with van der Waals surface area (Å²) in [5, 5.41) is 14.5. The van der Waals surface area contributed by atoms with Gasteiger partial charge in [0.15, 0.2) is 0 Å². The van der Waals surface area contributed by atoms with Crippen LogP contribution in [0, 0.1) is 6.92 Å². The number of nitrogens with zero attached hydrogens (tertiary/aromatic N) is 6. The standard InChI is InChI=1S/C6H5BrN6O/c1-4-5(7)13(11-9-4)6(14)12-3-2-8-10-12/h2-3H,1H3. The maximum Gasteiger partial charge on any atom is 0.373 e. The minimum absolute atomic E-state index is 0.435. The fourth-order valence-corrected chi connectivity index (χ4v) is 1.18. The molecule has 7 nitrogen and oxygen atoms in total. The Hall–Kier alpha value is -1.57. The Bertz CT molecular complexity index is 461. The third kappa shape index (κ3) is 1.33. The molecule has 2 aromatic rings. The summed E-state index contributed by atoms with van der Waals surface area (Å²) in [7, 11) is 0. The number of aryl methyl sites for hydroxylation is 1. The van der Waals surface area contributed by atoms with Crippen molar-refractivity contribution >= 4 is 22.0 Å². The van der Waals surface area contributed by atoms with Crippen LogP contribution >= 0.6 is 15.9 Å². The van der Waals surface area contributed by atoms with E-state index in [0.29, 0.717) is 10.3 Å². The van der Waals surface area contributed by atoms with Gasteiger partial charge in [0.1, 0.15) is 4.60 Å². The molecule has 2 rings (SSSR count). The Kier molecular flexibility index (Phi) is 2.12. The van der Waals surface area contributed by atoms with Gasteiger partial charge in [-0.3, -0.25) is 0 Å². The van der Waals surface area contributed by atoms with Crippen molar-refractivity contribution in [2.45, 2.75) is 6.92 Å². The molecule has 0 aliphatic heterocycles. The van der Waals surface area contributed by atoms with Crippen LogP contribution < -0.4 is 0 Å². The molecule has 0 radical (unpaired) electrons. The van der Waals surface area contributed by atoms with Gasteiger partial charge >= 0.3 is 6.03 Å². The zero-order valence-electron chi connectivity index (χ0n) is 7.12. The number of carbonyl (C=O) groups excluding carboxylic acids is 1. The zero-order valence-corrected chi connectivity index (χ0v) is 8.71. The molecular weight excluding hydrogens is 252 g/mol. The van der Waals surface area contributed by atoms with Gasteiger partial charge in [-0.1, -0.05) is 10.4 Å². The van der Waals surface area contributed by atoms with Crippen LogP contribution in [0.5, 0.6) is 0 Å². The highest BCUT2D eigenvalue weighted by atomic mass is 79.9. The molecular formula is C6H5BrN6O. The number of rotatable bonds is 0. The summed E-state index contributed by atoms with van der Waals surface area (Å²) >= 11 is 3.19. The topological polar surface area (TPSA) is 78.5 Å². The molecule has 0 N–H and O–H groups in total. The van der Waals surface area contributed by atoms with Gasteiger partial charge in [-0.15, -0.1) is 10.2 Å². The summed E-state index contributed by atoms with van der Waals surface area (Å²) in [6.45, 7) is 1.74. The van der Waals surface area contributed by atoms with Crippen LogP contribution in [0.1, 0.15) is 5.69 Å². The van der Waals surface area contributed by atoms with Gasteiger partial charge in [-0.2, -0.15) is 9.36 Å². The fourth-order valence-electron chi connectivity index (χ4n) is 0.875. The van der Waals surface area contributed by atoms with Crippen LogP contribution in [-0.4, -0.2) is 36.0 Å². The first-order valence-electron chi connectivity index (χ1n) is 3.69. The molecule has 0 fully saturated rings. The van der Waals surface area contributed by atoms with Crippen molar-refractivity contribution in [2.75, 3.05) is 0 Å². The summed E-state index contributed by atoms with van der Waals surface area (Å²) in [5.74, 6) is 0. The first kappa shape index (κ1) is 9.00. The van der Waals surface area contributed by atoms with Crippen molar-refractivity contribution in [2.24, 2.45) is 0 Å². The molecule has 0 aliphatic rings. The van der Waals surface area contributed by atoms with E-state index in [1.807, 2.05) is 0 Å². The summed E-state index contributed by atoms with van der Waals surface area (Å²) in [5.41, 5.74) is 0.637. The van der Waals surface area contributed by atoms with E-state index in [0.717, 1.165) is 9.36 Å².